The number of hydrogen-bond acceptors (Lipinski definition) is 6. The van der Waals surface area contributed by atoms with Gasteiger partial charge in [-0.15, -0.1) is 11.8 Å². The molecular formula is C19H21NO5S2. The zero-order chi connectivity index (χ0) is 19.9. The number of nitrogens with one attached hydrogen (secondary N) is 1. The second kappa shape index (κ2) is 9.57. The Morgan fingerprint density at radius 1 is 1.11 bits per heavy atom. The standard InChI is InChI=1S/C19H21NO5S2/c1-14-8-9-16(27(2,23)24)12-17(14)19(22)25-13-18(21)20-10-11-26-15-6-4-3-5-7-15/h3-9,12H,10-11,13H2,1-2H3,(H,20,21). The Kier molecular flexibility index (Phi) is 7.44. The van der Waals surface area contributed by atoms with E-state index >= 15 is 0 Å². The van der Waals surface area contributed by atoms with Crippen LogP contribution in [-0.2, 0) is 19.4 Å². The second-order valence-corrected chi connectivity index (χ2v) is 9.02. The summed E-state index contributed by atoms with van der Waals surface area (Å²) >= 11 is 1.61. The first-order valence-corrected chi connectivity index (χ1v) is 11.1. The lowest BCUT2D eigenvalue weighted by molar-refractivity contribution is -0.124. The zero-order valence-electron chi connectivity index (χ0n) is 15.1. The van der Waals surface area contributed by atoms with Gasteiger partial charge in [-0.2, -0.15) is 0 Å². The first-order chi connectivity index (χ1) is 12.8. The van der Waals surface area contributed by atoms with Gasteiger partial charge in [0.25, 0.3) is 5.91 Å². The highest BCUT2D eigenvalue weighted by Gasteiger charge is 2.16. The molecule has 6 nitrogen and oxygen atoms in total. The van der Waals surface area contributed by atoms with Crippen LogP contribution in [0.25, 0.3) is 0 Å². The van der Waals surface area contributed by atoms with Gasteiger partial charge in [0.2, 0.25) is 0 Å². The number of carbonyl (C=O) groups is 2. The van der Waals surface area contributed by atoms with E-state index in [0.29, 0.717) is 17.9 Å². The van der Waals surface area contributed by atoms with Gasteiger partial charge < -0.3 is 10.1 Å². The van der Waals surface area contributed by atoms with Crippen LogP contribution in [0.5, 0.6) is 0 Å². The molecule has 0 aromatic heterocycles. The van der Waals surface area contributed by atoms with Crippen molar-refractivity contribution in [2.24, 2.45) is 0 Å². The van der Waals surface area contributed by atoms with Crippen molar-refractivity contribution in [3.05, 3.63) is 59.7 Å². The molecule has 0 saturated heterocycles. The minimum Gasteiger partial charge on any atom is -0.452 e. The summed E-state index contributed by atoms with van der Waals surface area (Å²) in [6.45, 7) is 1.69. The number of sulfone groups is 1. The molecule has 27 heavy (non-hydrogen) atoms. The second-order valence-electron chi connectivity index (χ2n) is 5.84. The van der Waals surface area contributed by atoms with Gasteiger partial charge in [0.1, 0.15) is 0 Å². The predicted octanol–water partition coefficient (Wildman–Crippen LogP) is 2.46. The molecule has 1 amide bonds. The van der Waals surface area contributed by atoms with Crippen LogP contribution in [0.15, 0.2) is 58.3 Å². The van der Waals surface area contributed by atoms with Crippen molar-refractivity contribution in [2.45, 2.75) is 16.7 Å². The zero-order valence-corrected chi connectivity index (χ0v) is 16.7. The largest absolute Gasteiger partial charge is 0.452 e. The molecule has 0 spiro atoms. The molecule has 0 atom stereocenters. The van der Waals surface area contributed by atoms with E-state index in [4.69, 9.17) is 4.74 Å². The Morgan fingerprint density at radius 3 is 2.48 bits per heavy atom. The van der Waals surface area contributed by atoms with Crippen LogP contribution in [0.4, 0.5) is 0 Å². The highest BCUT2D eigenvalue weighted by molar-refractivity contribution is 7.99. The Bertz CT molecular complexity index is 911. The van der Waals surface area contributed by atoms with E-state index in [9.17, 15) is 18.0 Å². The van der Waals surface area contributed by atoms with Gasteiger partial charge in [0.05, 0.1) is 10.5 Å². The van der Waals surface area contributed by atoms with Gasteiger partial charge >= 0.3 is 5.97 Å². The minimum atomic E-state index is -3.43. The third kappa shape index (κ3) is 6.73. The van der Waals surface area contributed by atoms with E-state index in [1.54, 1.807) is 18.7 Å². The highest BCUT2D eigenvalue weighted by Crippen LogP contribution is 2.17. The quantitative estimate of drug-likeness (QED) is 0.411. The molecule has 0 saturated carbocycles. The molecule has 2 aromatic rings. The first kappa shape index (κ1) is 21.0. The number of esters is 1. The maximum absolute atomic E-state index is 12.2. The summed E-state index contributed by atoms with van der Waals surface area (Å²) in [5, 5.41) is 2.68. The molecule has 0 unspecified atom stereocenters. The fourth-order valence-corrected chi connectivity index (χ4v) is 3.62. The van der Waals surface area contributed by atoms with E-state index in [1.165, 1.54) is 18.2 Å². The summed E-state index contributed by atoms with van der Waals surface area (Å²) in [5.41, 5.74) is 0.706. The lowest BCUT2D eigenvalue weighted by atomic mass is 10.1. The lowest BCUT2D eigenvalue weighted by Crippen LogP contribution is -2.30. The van der Waals surface area contributed by atoms with Gasteiger partial charge in [-0.05, 0) is 36.8 Å². The number of thioether (sulfide) groups is 1. The predicted molar refractivity (Wildman–Crippen MR) is 105 cm³/mol. The molecule has 2 aromatic carbocycles. The van der Waals surface area contributed by atoms with Gasteiger partial charge in [-0.1, -0.05) is 24.3 Å². The first-order valence-electron chi connectivity index (χ1n) is 8.20. The maximum Gasteiger partial charge on any atom is 0.338 e. The third-order valence-corrected chi connectivity index (χ3v) is 5.75. The Morgan fingerprint density at radius 2 is 1.81 bits per heavy atom. The van der Waals surface area contributed by atoms with E-state index in [1.807, 2.05) is 30.3 Å². The van der Waals surface area contributed by atoms with Gasteiger partial charge in [-0.25, -0.2) is 13.2 Å². The average Bonchev–Trinajstić information content (AvgIpc) is 2.63. The third-order valence-electron chi connectivity index (χ3n) is 3.63. The van der Waals surface area contributed by atoms with Crippen LogP contribution in [-0.4, -0.2) is 45.5 Å². The smallest absolute Gasteiger partial charge is 0.338 e. The van der Waals surface area contributed by atoms with Crippen LogP contribution in [0.1, 0.15) is 15.9 Å². The summed E-state index contributed by atoms with van der Waals surface area (Å²) in [7, 11) is -3.43. The number of ether oxygens (including phenoxy) is 1. The van der Waals surface area contributed by atoms with Gasteiger partial charge in [-0.3, -0.25) is 4.79 Å². The van der Waals surface area contributed by atoms with Crippen LogP contribution < -0.4 is 5.32 Å². The average molecular weight is 408 g/mol. The molecule has 1 N–H and O–H groups in total. The molecule has 144 valence electrons. The van der Waals surface area contributed by atoms with E-state index < -0.39 is 28.3 Å². The van der Waals surface area contributed by atoms with Crippen molar-refractivity contribution in [3.63, 3.8) is 0 Å². The number of rotatable bonds is 8. The number of carbonyl (C=O) groups excluding carboxylic acids is 2. The van der Waals surface area contributed by atoms with E-state index in [2.05, 4.69) is 5.32 Å². The summed E-state index contributed by atoms with van der Waals surface area (Å²) in [5.74, 6) is -0.445. The number of hydrogen-bond donors (Lipinski definition) is 1. The topological polar surface area (TPSA) is 89.5 Å². The molecule has 0 radical (unpaired) electrons. The summed E-state index contributed by atoms with van der Waals surface area (Å²) in [6.07, 6.45) is 1.06. The SMILES string of the molecule is Cc1ccc(S(C)(=O)=O)cc1C(=O)OCC(=O)NCCSc1ccccc1. The van der Waals surface area contributed by atoms with Crippen molar-refractivity contribution >= 4 is 33.5 Å². The highest BCUT2D eigenvalue weighted by atomic mass is 32.2. The number of aryl methyl sites for hydroxylation is 1. The summed E-state index contributed by atoms with van der Waals surface area (Å²) in [6, 6.07) is 14.0. The van der Waals surface area contributed by atoms with Crippen LogP contribution >= 0.6 is 11.8 Å². The van der Waals surface area contributed by atoms with Crippen molar-refractivity contribution in [2.75, 3.05) is 25.2 Å². The minimum absolute atomic E-state index is 0.0300. The number of benzene rings is 2. The van der Waals surface area contributed by atoms with Gasteiger partial charge in [0.15, 0.2) is 16.4 Å². The van der Waals surface area contributed by atoms with Crippen molar-refractivity contribution < 1.29 is 22.7 Å². The Balaban J connectivity index is 1.80. The van der Waals surface area contributed by atoms with Crippen LogP contribution in [0.2, 0.25) is 0 Å². The van der Waals surface area contributed by atoms with E-state index in [0.717, 1.165) is 11.2 Å². The monoisotopic (exact) mass is 407 g/mol. The van der Waals surface area contributed by atoms with E-state index in [-0.39, 0.29) is 10.5 Å². The van der Waals surface area contributed by atoms with Crippen LogP contribution in [0, 0.1) is 6.92 Å². The van der Waals surface area contributed by atoms with Gasteiger partial charge in [0, 0.05) is 23.4 Å². The molecule has 2 rings (SSSR count). The van der Waals surface area contributed by atoms with Crippen molar-refractivity contribution in [1.82, 2.24) is 5.32 Å². The summed E-state index contributed by atoms with van der Waals surface area (Å²) < 4.78 is 28.2. The molecule has 0 aliphatic carbocycles. The molecule has 8 heteroatoms. The van der Waals surface area contributed by atoms with Crippen molar-refractivity contribution in [3.8, 4) is 0 Å². The fraction of sp³-hybridized carbons (Fsp3) is 0.263. The molecule has 0 heterocycles. The fourth-order valence-electron chi connectivity index (χ4n) is 2.19. The molecule has 0 aliphatic heterocycles. The Hall–Kier alpha value is -2.32. The lowest BCUT2D eigenvalue weighted by Gasteiger charge is -2.09. The van der Waals surface area contributed by atoms with Crippen molar-refractivity contribution in [1.29, 1.82) is 0 Å². The number of amides is 1. The molecule has 0 fully saturated rings. The van der Waals surface area contributed by atoms with Crippen LogP contribution in [0.3, 0.4) is 0 Å². The molecule has 0 aliphatic rings. The maximum atomic E-state index is 12.2. The Labute approximate surface area is 163 Å². The normalized spacial score (nSPS) is 11.0. The molecule has 0 bridgehead atoms. The molecular weight excluding hydrogens is 386 g/mol. The summed E-state index contributed by atoms with van der Waals surface area (Å²) in [4.78, 5) is 25.1.